The highest BCUT2D eigenvalue weighted by Crippen LogP contribution is 2.21. The summed E-state index contributed by atoms with van der Waals surface area (Å²) in [6.07, 6.45) is 1.49. The Balaban J connectivity index is 1.61. The van der Waals surface area contributed by atoms with Crippen molar-refractivity contribution >= 4 is 34.2 Å². The highest BCUT2D eigenvalue weighted by Gasteiger charge is 2.07. The molecule has 0 atom stereocenters. The van der Waals surface area contributed by atoms with Gasteiger partial charge in [-0.2, -0.15) is 10.1 Å². The minimum absolute atomic E-state index is 0.261. The summed E-state index contributed by atoms with van der Waals surface area (Å²) in [6, 6.07) is 13.9. The molecule has 0 radical (unpaired) electrons. The second-order valence-electron chi connectivity index (χ2n) is 4.93. The summed E-state index contributed by atoms with van der Waals surface area (Å²) in [7, 11) is 0. The van der Waals surface area contributed by atoms with Crippen LogP contribution in [0.25, 0.3) is 22.1 Å². The van der Waals surface area contributed by atoms with E-state index in [-0.39, 0.29) is 11.8 Å². The predicted octanol–water partition coefficient (Wildman–Crippen LogP) is 3.09. The quantitative estimate of drug-likeness (QED) is 0.450. The van der Waals surface area contributed by atoms with Gasteiger partial charge in [0.2, 0.25) is 0 Å². The summed E-state index contributed by atoms with van der Waals surface area (Å²) in [6.45, 7) is 0. The molecule has 0 spiro atoms. The van der Waals surface area contributed by atoms with Gasteiger partial charge in [0, 0.05) is 10.9 Å². The fourth-order valence-corrected chi connectivity index (χ4v) is 2.32. The lowest BCUT2D eigenvalue weighted by Crippen LogP contribution is -1.99. The number of hydrazone groups is 1. The Hall–Kier alpha value is -3.35. The first kappa shape index (κ1) is 13.3. The van der Waals surface area contributed by atoms with E-state index in [0.29, 0.717) is 16.7 Å². The molecule has 0 aliphatic heterocycles. The van der Waals surface area contributed by atoms with Crippen LogP contribution in [-0.2, 0) is 0 Å². The van der Waals surface area contributed by atoms with Crippen molar-refractivity contribution in [2.45, 2.75) is 0 Å². The SMILES string of the molecule is Fc1cccc(/C=N/Nc2nnc3c(n2)[nH]c2ccccc23)c1. The molecule has 0 bridgehead atoms. The van der Waals surface area contributed by atoms with Gasteiger partial charge in [-0.15, -0.1) is 10.2 Å². The van der Waals surface area contributed by atoms with Crippen LogP contribution in [-0.4, -0.2) is 26.4 Å². The van der Waals surface area contributed by atoms with Crippen LogP contribution in [0.1, 0.15) is 5.56 Å². The van der Waals surface area contributed by atoms with E-state index in [9.17, 15) is 4.39 Å². The molecular formula is C16H11FN6. The average Bonchev–Trinajstić information content (AvgIpc) is 2.92. The number of fused-ring (bicyclic) bond motifs is 3. The molecule has 0 saturated carbocycles. The van der Waals surface area contributed by atoms with Crippen LogP contribution in [0.5, 0.6) is 0 Å². The van der Waals surface area contributed by atoms with Crippen molar-refractivity contribution in [3.8, 4) is 0 Å². The number of nitrogens with one attached hydrogen (secondary N) is 2. The zero-order valence-corrected chi connectivity index (χ0v) is 11.9. The molecule has 23 heavy (non-hydrogen) atoms. The second kappa shape index (κ2) is 5.45. The molecule has 4 rings (SSSR count). The predicted molar refractivity (Wildman–Crippen MR) is 86.8 cm³/mol. The highest BCUT2D eigenvalue weighted by molar-refractivity contribution is 6.03. The van der Waals surface area contributed by atoms with Crippen molar-refractivity contribution in [1.82, 2.24) is 20.2 Å². The highest BCUT2D eigenvalue weighted by atomic mass is 19.1. The minimum Gasteiger partial charge on any atom is -0.338 e. The lowest BCUT2D eigenvalue weighted by atomic mass is 10.2. The van der Waals surface area contributed by atoms with Crippen LogP contribution in [0, 0.1) is 5.82 Å². The normalized spacial score (nSPS) is 11.5. The Bertz CT molecular complexity index is 1020. The van der Waals surface area contributed by atoms with Gasteiger partial charge < -0.3 is 4.98 Å². The molecule has 0 saturated heterocycles. The van der Waals surface area contributed by atoms with Gasteiger partial charge in [0.15, 0.2) is 5.65 Å². The number of hydrogen-bond acceptors (Lipinski definition) is 5. The monoisotopic (exact) mass is 306 g/mol. The van der Waals surface area contributed by atoms with Gasteiger partial charge in [0.25, 0.3) is 5.95 Å². The molecule has 112 valence electrons. The molecule has 4 aromatic rings. The first-order chi connectivity index (χ1) is 11.3. The third kappa shape index (κ3) is 2.59. The number of benzene rings is 2. The summed E-state index contributed by atoms with van der Waals surface area (Å²) in [4.78, 5) is 7.51. The van der Waals surface area contributed by atoms with Crippen LogP contribution in [0.3, 0.4) is 0 Å². The standard InChI is InChI=1S/C16H11FN6/c17-11-5-3-4-10(8-11)9-18-22-16-20-15-14(21-23-16)12-6-1-2-7-13(12)19-15/h1-9H,(H2,19,20,22,23)/b18-9+. The zero-order chi connectivity index (χ0) is 15.6. The number of H-pyrrole nitrogens is 1. The van der Waals surface area contributed by atoms with Crippen LogP contribution in [0.4, 0.5) is 10.3 Å². The number of para-hydroxylation sites is 1. The number of rotatable bonds is 3. The van der Waals surface area contributed by atoms with Gasteiger partial charge in [-0.05, 0) is 23.8 Å². The third-order valence-electron chi connectivity index (χ3n) is 3.35. The summed E-state index contributed by atoms with van der Waals surface area (Å²) >= 11 is 0. The van der Waals surface area contributed by atoms with Crippen molar-refractivity contribution in [2.75, 3.05) is 5.43 Å². The maximum absolute atomic E-state index is 13.1. The largest absolute Gasteiger partial charge is 0.338 e. The molecule has 2 N–H and O–H groups in total. The first-order valence-electron chi connectivity index (χ1n) is 6.95. The van der Waals surface area contributed by atoms with E-state index in [4.69, 9.17) is 0 Å². The molecule has 6 nitrogen and oxygen atoms in total. The summed E-state index contributed by atoms with van der Waals surface area (Å²) in [5.41, 5.74) is 5.61. The summed E-state index contributed by atoms with van der Waals surface area (Å²) < 4.78 is 13.1. The number of anilines is 1. The van der Waals surface area contributed by atoms with Crippen molar-refractivity contribution in [2.24, 2.45) is 5.10 Å². The number of aromatic amines is 1. The van der Waals surface area contributed by atoms with Gasteiger partial charge in [0.1, 0.15) is 11.3 Å². The molecular weight excluding hydrogens is 295 g/mol. The van der Waals surface area contributed by atoms with E-state index in [0.717, 1.165) is 10.9 Å². The van der Waals surface area contributed by atoms with E-state index in [1.54, 1.807) is 12.1 Å². The van der Waals surface area contributed by atoms with Crippen LogP contribution >= 0.6 is 0 Å². The molecule has 0 aliphatic rings. The van der Waals surface area contributed by atoms with Crippen molar-refractivity contribution in [3.05, 3.63) is 59.9 Å². The molecule has 2 aromatic carbocycles. The Labute approximate surface area is 130 Å². The van der Waals surface area contributed by atoms with Gasteiger partial charge in [-0.1, -0.05) is 30.3 Å². The van der Waals surface area contributed by atoms with Crippen molar-refractivity contribution in [1.29, 1.82) is 0 Å². The third-order valence-corrected chi connectivity index (χ3v) is 3.35. The lowest BCUT2D eigenvalue weighted by molar-refractivity contribution is 0.627. The average molecular weight is 306 g/mol. The Morgan fingerprint density at radius 3 is 2.91 bits per heavy atom. The summed E-state index contributed by atoms with van der Waals surface area (Å²) in [5, 5.41) is 13.1. The van der Waals surface area contributed by atoms with E-state index in [1.807, 2.05) is 24.3 Å². The Kier molecular flexibility index (Phi) is 3.16. The molecule has 2 aromatic heterocycles. The maximum atomic E-state index is 13.1. The minimum atomic E-state index is -0.314. The van der Waals surface area contributed by atoms with E-state index >= 15 is 0 Å². The molecule has 0 fully saturated rings. The Morgan fingerprint density at radius 1 is 1.09 bits per heavy atom. The molecule has 2 heterocycles. The number of hydrogen-bond donors (Lipinski definition) is 2. The van der Waals surface area contributed by atoms with Gasteiger partial charge in [0.05, 0.1) is 6.21 Å². The smallest absolute Gasteiger partial charge is 0.265 e. The molecule has 0 unspecified atom stereocenters. The number of aromatic nitrogens is 4. The van der Waals surface area contributed by atoms with Crippen LogP contribution < -0.4 is 5.43 Å². The van der Waals surface area contributed by atoms with Gasteiger partial charge in [-0.25, -0.2) is 9.82 Å². The van der Waals surface area contributed by atoms with Crippen LogP contribution in [0.2, 0.25) is 0 Å². The second-order valence-corrected chi connectivity index (χ2v) is 4.93. The maximum Gasteiger partial charge on any atom is 0.265 e. The first-order valence-corrected chi connectivity index (χ1v) is 6.95. The van der Waals surface area contributed by atoms with Crippen LogP contribution in [0.15, 0.2) is 53.6 Å². The Morgan fingerprint density at radius 2 is 2.00 bits per heavy atom. The van der Waals surface area contributed by atoms with E-state index in [1.165, 1.54) is 18.3 Å². The fraction of sp³-hybridized carbons (Fsp3) is 0. The lowest BCUT2D eigenvalue weighted by Gasteiger charge is -1.97. The molecule has 0 amide bonds. The van der Waals surface area contributed by atoms with Crippen molar-refractivity contribution < 1.29 is 4.39 Å². The number of halogens is 1. The van der Waals surface area contributed by atoms with E-state index in [2.05, 4.69) is 30.7 Å². The summed E-state index contributed by atoms with van der Waals surface area (Å²) in [5.74, 6) is -0.0527. The molecule has 0 aliphatic carbocycles. The van der Waals surface area contributed by atoms with Gasteiger partial charge in [-0.3, -0.25) is 0 Å². The fourth-order valence-electron chi connectivity index (χ4n) is 2.32. The number of nitrogens with zero attached hydrogens (tertiary/aromatic N) is 4. The zero-order valence-electron chi connectivity index (χ0n) is 11.9. The van der Waals surface area contributed by atoms with Gasteiger partial charge >= 0.3 is 0 Å². The van der Waals surface area contributed by atoms with E-state index < -0.39 is 0 Å². The molecule has 7 heteroatoms. The topological polar surface area (TPSA) is 78.8 Å². The van der Waals surface area contributed by atoms with Crippen molar-refractivity contribution in [3.63, 3.8) is 0 Å².